The van der Waals surface area contributed by atoms with Gasteiger partial charge in [-0.15, -0.1) is 0 Å². The van der Waals surface area contributed by atoms with Crippen molar-refractivity contribution in [3.05, 3.63) is 48.4 Å². The van der Waals surface area contributed by atoms with Gasteiger partial charge in [-0.3, -0.25) is 4.79 Å². The van der Waals surface area contributed by atoms with Gasteiger partial charge in [-0.1, -0.05) is 12.1 Å². The van der Waals surface area contributed by atoms with Crippen LogP contribution in [-0.4, -0.2) is 37.5 Å². The summed E-state index contributed by atoms with van der Waals surface area (Å²) < 4.78 is 54.7. The molecular formula is C17H18F3NO5. The predicted octanol–water partition coefficient (Wildman–Crippen LogP) is 2.62. The summed E-state index contributed by atoms with van der Waals surface area (Å²) in [5.74, 6) is -0.815. The second-order valence-corrected chi connectivity index (χ2v) is 5.36. The Morgan fingerprint density at radius 2 is 1.88 bits per heavy atom. The Balaban J connectivity index is 1.89. The van der Waals surface area contributed by atoms with Crippen LogP contribution in [0, 0.1) is 0 Å². The monoisotopic (exact) mass is 373 g/mol. The maximum atomic E-state index is 13.2. The van der Waals surface area contributed by atoms with Gasteiger partial charge < -0.3 is 24.3 Å². The van der Waals surface area contributed by atoms with E-state index in [0.29, 0.717) is 11.5 Å². The summed E-state index contributed by atoms with van der Waals surface area (Å²) in [5.41, 5.74) is -3.40. The average molecular weight is 373 g/mol. The van der Waals surface area contributed by atoms with Crippen molar-refractivity contribution >= 4 is 5.91 Å². The SMILES string of the molecule is COc1ccccc1OCCNC(=O)C[C@](O)(c1ccco1)C(F)(F)F. The smallest absolute Gasteiger partial charge is 0.425 e. The van der Waals surface area contributed by atoms with Gasteiger partial charge in [0.15, 0.2) is 11.5 Å². The Morgan fingerprint density at radius 3 is 2.46 bits per heavy atom. The first kappa shape index (κ1) is 19.6. The minimum absolute atomic E-state index is 0.0112. The van der Waals surface area contributed by atoms with Gasteiger partial charge >= 0.3 is 6.18 Å². The molecule has 0 unspecified atom stereocenters. The number of carbonyl (C=O) groups excluding carboxylic acids is 1. The predicted molar refractivity (Wildman–Crippen MR) is 84.8 cm³/mol. The number of nitrogens with one attached hydrogen (secondary N) is 1. The number of hydrogen-bond acceptors (Lipinski definition) is 5. The highest BCUT2D eigenvalue weighted by Gasteiger charge is 2.58. The number of ether oxygens (including phenoxy) is 2. The molecule has 0 fully saturated rings. The van der Waals surface area contributed by atoms with Crippen molar-refractivity contribution in [2.45, 2.75) is 18.2 Å². The molecule has 9 heteroatoms. The van der Waals surface area contributed by atoms with Crippen LogP contribution in [0.2, 0.25) is 0 Å². The normalized spacial score (nSPS) is 13.7. The first-order valence-corrected chi connectivity index (χ1v) is 7.63. The summed E-state index contributed by atoms with van der Waals surface area (Å²) in [6, 6.07) is 8.97. The zero-order valence-electron chi connectivity index (χ0n) is 13.9. The third-order valence-electron chi connectivity index (χ3n) is 3.57. The number of para-hydroxylation sites is 2. The van der Waals surface area contributed by atoms with Crippen LogP contribution in [0.25, 0.3) is 0 Å². The minimum Gasteiger partial charge on any atom is -0.493 e. The molecule has 1 heterocycles. The number of methoxy groups -OCH3 is 1. The van der Waals surface area contributed by atoms with Crippen LogP contribution in [0.3, 0.4) is 0 Å². The van der Waals surface area contributed by atoms with Crippen molar-refractivity contribution in [2.24, 2.45) is 0 Å². The molecule has 0 radical (unpaired) electrons. The summed E-state index contributed by atoms with van der Waals surface area (Å²) in [7, 11) is 1.47. The molecule has 2 rings (SSSR count). The van der Waals surface area contributed by atoms with Crippen molar-refractivity contribution in [2.75, 3.05) is 20.3 Å². The summed E-state index contributed by atoms with van der Waals surface area (Å²) in [6.07, 6.45) is -5.31. The molecule has 1 aromatic heterocycles. The maximum Gasteiger partial charge on any atom is 0.425 e. The van der Waals surface area contributed by atoms with E-state index in [4.69, 9.17) is 9.47 Å². The Bertz CT molecular complexity index is 717. The standard InChI is InChI=1S/C17H18F3NO5/c1-24-12-5-2-3-6-13(12)25-10-8-21-15(22)11-16(23,17(18,19)20)14-7-4-9-26-14/h2-7,9,23H,8,10-11H2,1H3,(H,21,22)/t16-/m0/s1. The lowest BCUT2D eigenvalue weighted by molar-refractivity contribution is -0.273. The van der Waals surface area contributed by atoms with E-state index in [1.807, 2.05) is 0 Å². The zero-order valence-corrected chi connectivity index (χ0v) is 13.9. The number of halogens is 3. The number of aliphatic hydroxyl groups is 1. The number of amides is 1. The van der Waals surface area contributed by atoms with E-state index in [0.717, 1.165) is 12.3 Å². The molecule has 6 nitrogen and oxygen atoms in total. The Kier molecular flexibility index (Phi) is 6.14. The van der Waals surface area contributed by atoms with Gasteiger partial charge in [0.1, 0.15) is 12.4 Å². The molecule has 1 aromatic carbocycles. The molecule has 0 saturated carbocycles. The van der Waals surface area contributed by atoms with Crippen molar-refractivity contribution in [3.63, 3.8) is 0 Å². The molecule has 1 amide bonds. The summed E-state index contributed by atoms with van der Waals surface area (Å²) in [5, 5.41) is 12.2. The molecule has 142 valence electrons. The minimum atomic E-state index is -5.07. The van der Waals surface area contributed by atoms with Crippen LogP contribution >= 0.6 is 0 Å². The third-order valence-corrected chi connectivity index (χ3v) is 3.57. The molecule has 26 heavy (non-hydrogen) atoms. The van der Waals surface area contributed by atoms with E-state index < -0.39 is 29.9 Å². The van der Waals surface area contributed by atoms with Gasteiger partial charge in [-0.2, -0.15) is 13.2 Å². The number of furan rings is 1. The molecule has 0 aliphatic carbocycles. The first-order chi connectivity index (χ1) is 12.3. The third kappa shape index (κ3) is 4.48. The molecule has 0 aliphatic rings. The molecule has 2 aromatic rings. The van der Waals surface area contributed by atoms with Gasteiger partial charge in [-0.05, 0) is 24.3 Å². The number of alkyl halides is 3. The largest absolute Gasteiger partial charge is 0.493 e. The number of benzene rings is 1. The molecule has 0 aliphatic heterocycles. The molecule has 0 spiro atoms. The lowest BCUT2D eigenvalue weighted by atomic mass is 9.95. The van der Waals surface area contributed by atoms with E-state index in [1.165, 1.54) is 13.2 Å². The lowest BCUT2D eigenvalue weighted by Crippen LogP contribution is -2.46. The van der Waals surface area contributed by atoms with Crippen LogP contribution in [0.4, 0.5) is 13.2 Å². The van der Waals surface area contributed by atoms with E-state index in [-0.39, 0.29) is 13.2 Å². The lowest BCUT2D eigenvalue weighted by Gasteiger charge is -2.27. The van der Waals surface area contributed by atoms with Crippen LogP contribution in [-0.2, 0) is 10.4 Å². The second-order valence-electron chi connectivity index (χ2n) is 5.36. The molecular weight excluding hydrogens is 355 g/mol. The Hall–Kier alpha value is -2.68. The average Bonchev–Trinajstić information content (AvgIpc) is 3.13. The highest BCUT2D eigenvalue weighted by atomic mass is 19.4. The first-order valence-electron chi connectivity index (χ1n) is 7.63. The van der Waals surface area contributed by atoms with Crippen molar-refractivity contribution in [1.29, 1.82) is 0 Å². The van der Waals surface area contributed by atoms with Crippen molar-refractivity contribution < 1.29 is 37.0 Å². The molecule has 2 N–H and O–H groups in total. The topological polar surface area (TPSA) is 80.9 Å². The van der Waals surface area contributed by atoms with E-state index in [9.17, 15) is 23.1 Å². The Labute approximate surface area is 147 Å². The van der Waals surface area contributed by atoms with Crippen molar-refractivity contribution in [3.8, 4) is 11.5 Å². The van der Waals surface area contributed by atoms with Gasteiger partial charge in [0.25, 0.3) is 0 Å². The number of carbonyl (C=O) groups is 1. The van der Waals surface area contributed by atoms with Gasteiger partial charge in [0.2, 0.25) is 11.5 Å². The number of rotatable bonds is 8. The van der Waals surface area contributed by atoms with Crippen molar-refractivity contribution in [1.82, 2.24) is 5.32 Å². The highest BCUT2D eigenvalue weighted by molar-refractivity contribution is 5.77. The Morgan fingerprint density at radius 1 is 1.19 bits per heavy atom. The maximum absolute atomic E-state index is 13.2. The van der Waals surface area contributed by atoms with Crippen LogP contribution in [0.1, 0.15) is 12.2 Å². The fourth-order valence-corrected chi connectivity index (χ4v) is 2.23. The van der Waals surface area contributed by atoms with E-state index in [1.54, 1.807) is 24.3 Å². The molecule has 1 atom stereocenters. The summed E-state index contributed by atoms with van der Waals surface area (Å²) in [4.78, 5) is 11.8. The van der Waals surface area contributed by atoms with Crippen LogP contribution in [0.5, 0.6) is 11.5 Å². The summed E-state index contributed by atoms with van der Waals surface area (Å²) >= 11 is 0. The quantitative estimate of drug-likeness (QED) is 0.696. The number of hydrogen-bond donors (Lipinski definition) is 2. The molecule has 0 bridgehead atoms. The fourth-order valence-electron chi connectivity index (χ4n) is 2.23. The zero-order chi connectivity index (χ0) is 19.2. The van der Waals surface area contributed by atoms with Crippen LogP contribution < -0.4 is 14.8 Å². The molecule has 0 saturated heterocycles. The second kappa shape index (κ2) is 8.13. The van der Waals surface area contributed by atoms with E-state index >= 15 is 0 Å². The van der Waals surface area contributed by atoms with Gasteiger partial charge in [0.05, 0.1) is 26.3 Å². The summed E-state index contributed by atoms with van der Waals surface area (Å²) in [6.45, 7) is -0.0414. The van der Waals surface area contributed by atoms with Gasteiger partial charge in [-0.25, -0.2) is 0 Å². The highest BCUT2D eigenvalue weighted by Crippen LogP contribution is 2.41. The van der Waals surface area contributed by atoms with Gasteiger partial charge in [0, 0.05) is 0 Å². The van der Waals surface area contributed by atoms with Crippen LogP contribution in [0.15, 0.2) is 47.1 Å². The fraction of sp³-hybridized carbons (Fsp3) is 0.353. The van der Waals surface area contributed by atoms with E-state index in [2.05, 4.69) is 9.73 Å².